The van der Waals surface area contributed by atoms with Crippen molar-refractivity contribution in [2.24, 2.45) is 5.73 Å². The van der Waals surface area contributed by atoms with Crippen LogP contribution in [0.5, 0.6) is 5.75 Å². The molecule has 1 aromatic carbocycles. The van der Waals surface area contributed by atoms with Crippen LogP contribution >= 0.6 is 0 Å². The van der Waals surface area contributed by atoms with E-state index in [0.29, 0.717) is 13.1 Å². The molecule has 0 unspecified atom stereocenters. The number of nitrogens with zero attached hydrogens (tertiary/aromatic N) is 1. The molecule has 9 heteroatoms. The zero-order valence-electron chi connectivity index (χ0n) is 16.1. The summed E-state index contributed by atoms with van der Waals surface area (Å²) in [6.45, 7) is 7.97. The highest BCUT2D eigenvalue weighted by Gasteiger charge is 2.29. The van der Waals surface area contributed by atoms with Crippen molar-refractivity contribution in [3.63, 3.8) is 0 Å². The van der Waals surface area contributed by atoms with E-state index in [9.17, 15) is 18.0 Å². The van der Waals surface area contributed by atoms with Crippen LogP contribution in [0.1, 0.15) is 50.9 Å². The minimum atomic E-state index is -3.69. The van der Waals surface area contributed by atoms with Crippen LogP contribution in [0.4, 0.5) is 0 Å². The summed E-state index contributed by atoms with van der Waals surface area (Å²) in [4.78, 5) is 24.0. The van der Waals surface area contributed by atoms with Gasteiger partial charge in [0, 0.05) is 18.6 Å². The van der Waals surface area contributed by atoms with Gasteiger partial charge in [-0.15, -0.1) is 0 Å². The van der Waals surface area contributed by atoms with Gasteiger partial charge in [-0.3, -0.25) is 9.59 Å². The average molecular weight is 397 g/mol. The molecule has 2 rings (SSSR count). The molecule has 8 nitrogen and oxygen atoms in total. The molecule has 0 bridgehead atoms. The summed E-state index contributed by atoms with van der Waals surface area (Å²) in [6.07, 6.45) is 0.732. The SMILES string of the molecule is C[C@@H](Oc1ccc(S(=O)(=O)N2CCCC2)cc1C(N)=O)C(=O)NC(C)(C)C. The van der Waals surface area contributed by atoms with Gasteiger partial charge in [0.15, 0.2) is 6.10 Å². The lowest BCUT2D eigenvalue weighted by molar-refractivity contribution is -0.128. The average Bonchev–Trinajstić information content (AvgIpc) is 3.08. The lowest BCUT2D eigenvalue weighted by Crippen LogP contribution is -2.46. The van der Waals surface area contributed by atoms with E-state index in [4.69, 9.17) is 10.5 Å². The monoisotopic (exact) mass is 397 g/mol. The van der Waals surface area contributed by atoms with E-state index in [1.807, 2.05) is 20.8 Å². The highest BCUT2D eigenvalue weighted by atomic mass is 32.2. The van der Waals surface area contributed by atoms with Crippen molar-refractivity contribution >= 4 is 21.8 Å². The van der Waals surface area contributed by atoms with Crippen molar-refractivity contribution in [2.45, 2.75) is 57.1 Å². The molecule has 1 saturated heterocycles. The van der Waals surface area contributed by atoms with Gasteiger partial charge in [-0.25, -0.2) is 8.42 Å². The van der Waals surface area contributed by atoms with Crippen LogP contribution in [-0.4, -0.2) is 49.3 Å². The first-order valence-corrected chi connectivity index (χ1v) is 10.3. The van der Waals surface area contributed by atoms with E-state index < -0.39 is 27.6 Å². The lowest BCUT2D eigenvalue weighted by atomic mass is 10.1. The predicted molar refractivity (Wildman–Crippen MR) is 101 cm³/mol. The third kappa shape index (κ3) is 5.20. The number of nitrogens with one attached hydrogen (secondary N) is 1. The first-order chi connectivity index (χ1) is 12.4. The largest absolute Gasteiger partial charge is 0.480 e. The van der Waals surface area contributed by atoms with Gasteiger partial charge < -0.3 is 15.8 Å². The minimum Gasteiger partial charge on any atom is -0.480 e. The highest BCUT2D eigenvalue weighted by molar-refractivity contribution is 7.89. The van der Waals surface area contributed by atoms with Crippen molar-refractivity contribution in [3.8, 4) is 5.75 Å². The number of hydrogen-bond acceptors (Lipinski definition) is 5. The van der Waals surface area contributed by atoms with Crippen LogP contribution in [0.2, 0.25) is 0 Å². The first-order valence-electron chi connectivity index (χ1n) is 8.84. The number of carbonyl (C=O) groups is 2. The summed E-state index contributed by atoms with van der Waals surface area (Å²) in [7, 11) is -3.69. The van der Waals surface area contributed by atoms with E-state index >= 15 is 0 Å². The second kappa shape index (κ2) is 7.85. The maximum Gasteiger partial charge on any atom is 0.261 e. The van der Waals surface area contributed by atoms with Gasteiger partial charge in [-0.05, 0) is 58.7 Å². The molecule has 0 spiro atoms. The Morgan fingerprint density at radius 1 is 1.22 bits per heavy atom. The van der Waals surface area contributed by atoms with Gasteiger partial charge in [-0.2, -0.15) is 4.31 Å². The van der Waals surface area contributed by atoms with Crippen molar-refractivity contribution < 1.29 is 22.7 Å². The van der Waals surface area contributed by atoms with E-state index in [1.54, 1.807) is 6.92 Å². The number of nitrogens with two attached hydrogens (primary N) is 1. The number of hydrogen-bond donors (Lipinski definition) is 2. The Morgan fingerprint density at radius 2 is 1.81 bits per heavy atom. The number of carbonyl (C=O) groups excluding carboxylic acids is 2. The Kier molecular flexibility index (Phi) is 6.16. The van der Waals surface area contributed by atoms with Crippen LogP contribution in [0.15, 0.2) is 23.1 Å². The molecule has 1 fully saturated rings. The van der Waals surface area contributed by atoms with Gasteiger partial charge in [0.25, 0.3) is 11.8 Å². The molecular weight excluding hydrogens is 370 g/mol. The molecule has 0 aliphatic carbocycles. The molecule has 1 aliphatic heterocycles. The van der Waals surface area contributed by atoms with Crippen LogP contribution in [-0.2, 0) is 14.8 Å². The summed E-state index contributed by atoms with van der Waals surface area (Å²) in [5.74, 6) is -1.11. The standard InChI is InChI=1S/C18H27N3O5S/c1-12(17(23)20-18(2,3)4)26-15-8-7-13(11-14(15)16(19)22)27(24,25)21-9-5-6-10-21/h7-8,11-12H,5-6,9-10H2,1-4H3,(H2,19,22)(H,20,23)/t12-/m1/s1. The molecule has 3 N–H and O–H groups in total. The smallest absolute Gasteiger partial charge is 0.261 e. The maximum atomic E-state index is 12.7. The fourth-order valence-electron chi connectivity index (χ4n) is 2.76. The third-order valence-corrected chi connectivity index (χ3v) is 5.99. The summed E-state index contributed by atoms with van der Waals surface area (Å²) >= 11 is 0. The number of primary amides is 1. The molecule has 0 aromatic heterocycles. The Hall–Kier alpha value is -2.13. The molecule has 2 amide bonds. The van der Waals surface area contributed by atoms with E-state index in [-0.39, 0.29) is 22.1 Å². The summed E-state index contributed by atoms with van der Waals surface area (Å²) < 4.78 is 32.3. The molecular formula is C18H27N3O5S. The second-order valence-electron chi connectivity index (χ2n) is 7.63. The number of benzene rings is 1. The van der Waals surface area contributed by atoms with Crippen LogP contribution in [0, 0.1) is 0 Å². The Morgan fingerprint density at radius 3 is 2.33 bits per heavy atom. The summed E-state index contributed by atoms with van der Waals surface area (Å²) in [5.41, 5.74) is 4.89. The predicted octanol–water partition coefficient (Wildman–Crippen LogP) is 1.25. The second-order valence-corrected chi connectivity index (χ2v) is 9.57. The van der Waals surface area contributed by atoms with Gasteiger partial charge >= 0.3 is 0 Å². The third-order valence-electron chi connectivity index (χ3n) is 4.09. The Balaban J connectivity index is 2.28. The van der Waals surface area contributed by atoms with Gasteiger partial charge in [-0.1, -0.05) is 0 Å². The highest BCUT2D eigenvalue weighted by Crippen LogP contribution is 2.27. The van der Waals surface area contributed by atoms with Crippen molar-refractivity contribution in [1.29, 1.82) is 0 Å². The number of rotatable bonds is 6. The molecule has 1 aromatic rings. The number of ether oxygens (including phenoxy) is 1. The zero-order valence-corrected chi connectivity index (χ0v) is 16.9. The first kappa shape index (κ1) is 21.2. The minimum absolute atomic E-state index is 0.0163. The Labute approximate surface area is 160 Å². The number of amides is 2. The molecule has 0 saturated carbocycles. The topological polar surface area (TPSA) is 119 Å². The van der Waals surface area contributed by atoms with Crippen LogP contribution < -0.4 is 15.8 Å². The quantitative estimate of drug-likeness (QED) is 0.749. The lowest BCUT2D eigenvalue weighted by Gasteiger charge is -2.24. The summed E-state index contributed by atoms with van der Waals surface area (Å²) in [6, 6.07) is 3.94. The van der Waals surface area contributed by atoms with Crippen LogP contribution in [0.3, 0.4) is 0 Å². The molecule has 27 heavy (non-hydrogen) atoms. The Bertz CT molecular complexity index is 824. The molecule has 1 aliphatic rings. The van der Waals surface area contributed by atoms with E-state index in [1.165, 1.54) is 22.5 Å². The normalized spacial score (nSPS) is 16.7. The van der Waals surface area contributed by atoms with Crippen LogP contribution in [0.25, 0.3) is 0 Å². The fraction of sp³-hybridized carbons (Fsp3) is 0.556. The van der Waals surface area contributed by atoms with Crippen molar-refractivity contribution in [3.05, 3.63) is 23.8 Å². The molecule has 0 radical (unpaired) electrons. The van der Waals surface area contributed by atoms with Crippen molar-refractivity contribution in [1.82, 2.24) is 9.62 Å². The molecule has 1 atom stereocenters. The molecule has 1 heterocycles. The van der Waals surface area contributed by atoms with E-state index in [2.05, 4.69) is 5.32 Å². The zero-order chi connectivity index (χ0) is 20.4. The number of sulfonamides is 1. The van der Waals surface area contributed by atoms with Gasteiger partial charge in [0.1, 0.15) is 5.75 Å². The molecule has 150 valence electrons. The van der Waals surface area contributed by atoms with Crippen molar-refractivity contribution in [2.75, 3.05) is 13.1 Å². The van der Waals surface area contributed by atoms with Gasteiger partial charge in [0.2, 0.25) is 10.0 Å². The van der Waals surface area contributed by atoms with E-state index in [0.717, 1.165) is 12.8 Å². The summed E-state index contributed by atoms with van der Waals surface area (Å²) in [5, 5.41) is 2.78. The fourth-order valence-corrected chi connectivity index (χ4v) is 4.30. The van der Waals surface area contributed by atoms with Gasteiger partial charge in [0.05, 0.1) is 10.5 Å². The maximum absolute atomic E-state index is 12.7.